The second kappa shape index (κ2) is 15.1. The molecule has 0 nitrogen and oxygen atoms in total. The van der Waals surface area contributed by atoms with Crippen LogP contribution in [-0.2, 0) is 5.41 Å². The lowest BCUT2D eigenvalue weighted by atomic mass is 9.81. The van der Waals surface area contributed by atoms with Gasteiger partial charge in [0.2, 0.25) is 0 Å². The van der Waals surface area contributed by atoms with Crippen molar-refractivity contribution in [1.82, 2.24) is 0 Å². The fraction of sp³-hybridized carbons (Fsp3) is 0.0847. The van der Waals surface area contributed by atoms with Gasteiger partial charge in [-0.1, -0.05) is 185 Å². The van der Waals surface area contributed by atoms with Crippen LogP contribution in [0.1, 0.15) is 39.3 Å². The SMILES string of the molecule is C.C=CC.CC1(C)c2cc(-c3cccc(-c4c5ccccc5c(-c5cccc(-c6ccc7ccccc7c6)c5)c5ccccc45)c3)ccc2-c2cc3ccccc3cc21. The lowest BCUT2D eigenvalue weighted by Crippen LogP contribution is -2.15. The highest BCUT2D eigenvalue weighted by molar-refractivity contribution is 6.21. The van der Waals surface area contributed by atoms with Crippen LogP contribution in [0, 0.1) is 0 Å². The molecular formula is C59H48. The van der Waals surface area contributed by atoms with E-state index in [0.717, 1.165) is 0 Å². The van der Waals surface area contributed by atoms with Gasteiger partial charge in [0.25, 0.3) is 0 Å². The lowest BCUT2D eigenvalue weighted by Gasteiger charge is -2.22. The Morgan fingerprint density at radius 3 is 1.29 bits per heavy atom. The summed E-state index contributed by atoms with van der Waals surface area (Å²) in [5.41, 5.74) is 15.4. The van der Waals surface area contributed by atoms with Crippen LogP contribution in [0.2, 0.25) is 0 Å². The molecule has 0 aliphatic heterocycles. The third-order valence-corrected chi connectivity index (χ3v) is 12.2. The molecule has 1 aliphatic rings. The highest BCUT2D eigenvalue weighted by Crippen LogP contribution is 2.51. The molecule has 1 aliphatic carbocycles. The first kappa shape index (κ1) is 37.6. The summed E-state index contributed by atoms with van der Waals surface area (Å²) in [4.78, 5) is 0. The van der Waals surface area contributed by atoms with Crippen LogP contribution < -0.4 is 0 Å². The largest absolute Gasteiger partial charge is 0.103 e. The van der Waals surface area contributed by atoms with Crippen LogP contribution in [-0.4, -0.2) is 0 Å². The quantitative estimate of drug-likeness (QED) is 0.124. The minimum atomic E-state index is -0.0871. The van der Waals surface area contributed by atoms with Crippen molar-refractivity contribution in [3.05, 3.63) is 218 Å². The van der Waals surface area contributed by atoms with Gasteiger partial charge in [-0.2, -0.15) is 0 Å². The van der Waals surface area contributed by atoms with Crippen LogP contribution in [0.3, 0.4) is 0 Å². The molecule has 0 heterocycles. The average Bonchev–Trinajstić information content (AvgIpc) is 3.49. The molecule has 59 heavy (non-hydrogen) atoms. The Hall–Kier alpha value is -7.02. The molecule has 0 atom stereocenters. The molecule has 10 aromatic carbocycles. The summed E-state index contributed by atoms with van der Waals surface area (Å²) in [6, 6.07) is 72.2. The van der Waals surface area contributed by atoms with Gasteiger partial charge in [-0.05, 0) is 153 Å². The minimum Gasteiger partial charge on any atom is -0.103 e. The smallest absolute Gasteiger partial charge is 0.0159 e. The molecule has 0 aromatic heterocycles. The number of hydrogen-bond acceptors (Lipinski definition) is 0. The normalized spacial score (nSPS) is 12.4. The molecule has 0 unspecified atom stereocenters. The molecule has 284 valence electrons. The van der Waals surface area contributed by atoms with E-state index >= 15 is 0 Å². The minimum absolute atomic E-state index is 0. The highest BCUT2D eigenvalue weighted by Gasteiger charge is 2.36. The van der Waals surface area contributed by atoms with Crippen LogP contribution in [0.15, 0.2) is 207 Å². The second-order valence-electron chi connectivity index (χ2n) is 16.1. The molecule has 0 saturated heterocycles. The van der Waals surface area contributed by atoms with Crippen molar-refractivity contribution in [2.24, 2.45) is 0 Å². The van der Waals surface area contributed by atoms with Gasteiger partial charge in [0.1, 0.15) is 0 Å². The zero-order valence-electron chi connectivity index (χ0n) is 33.3. The van der Waals surface area contributed by atoms with Crippen molar-refractivity contribution in [3.63, 3.8) is 0 Å². The van der Waals surface area contributed by atoms with E-state index in [1.54, 1.807) is 6.08 Å². The first-order valence-corrected chi connectivity index (χ1v) is 20.3. The lowest BCUT2D eigenvalue weighted by molar-refractivity contribution is 0.661. The third-order valence-electron chi connectivity index (χ3n) is 12.2. The van der Waals surface area contributed by atoms with Gasteiger partial charge in [0.15, 0.2) is 0 Å². The maximum absolute atomic E-state index is 3.36. The Morgan fingerprint density at radius 1 is 0.356 bits per heavy atom. The summed E-state index contributed by atoms with van der Waals surface area (Å²) in [7, 11) is 0. The molecule has 0 fully saturated rings. The molecule has 0 amide bonds. The van der Waals surface area contributed by atoms with Crippen molar-refractivity contribution < 1.29 is 0 Å². The Labute approximate surface area is 348 Å². The van der Waals surface area contributed by atoms with Crippen LogP contribution >= 0.6 is 0 Å². The van der Waals surface area contributed by atoms with E-state index < -0.39 is 0 Å². The van der Waals surface area contributed by atoms with E-state index in [1.807, 2.05) is 6.92 Å². The summed E-state index contributed by atoms with van der Waals surface area (Å²) < 4.78 is 0. The standard InChI is InChI=1S/C55H38.C3H6.CH4/c1-55(2)51-34-42(27-28-45(51)50-32-39-15-5-6-16-40(39)33-52(50)55)38-18-12-20-44(31-38)54-48-23-9-7-21-46(48)53(47-22-8-10-24-49(47)54)43-19-11-17-37(30-43)41-26-25-35-13-3-4-14-36(35)29-41;1-3-2;/h3-34H,1-2H3;3H,1H2,2H3;1H4. The van der Waals surface area contributed by atoms with E-state index in [-0.39, 0.29) is 12.8 Å². The third kappa shape index (κ3) is 6.33. The molecule has 0 saturated carbocycles. The number of allylic oxidation sites excluding steroid dienone is 1. The predicted octanol–water partition coefficient (Wildman–Crippen LogP) is 17.1. The van der Waals surface area contributed by atoms with Gasteiger partial charge in [-0.25, -0.2) is 0 Å². The zero-order valence-corrected chi connectivity index (χ0v) is 33.3. The summed E-state index contributed by atoms with van der Waals surface area (Å²) >= 11 is 0. The first-order chi connectivity index (χ1) is 28.4. The van der Waals surface area contributed by atoms with Crippen LogP contribution in [0.5, 0.6) is 0 Å². The molecule has 0 N–H and O–H groups in total. The molecule has 0 bridgehead atoms. The van der Waals surface area contributed by atoms with Crippen LogP contribution in [0.25, 0.3) is 98.7 Å². The van der Waals surface area contributed by atoms with E-state index in [1.165, 1.54) is 110 Å². The topological polar surface area (TPSA) is 0 Å². The van der Waals surface area contributed by atoms with Gasteiger partial charge in [-0.15, -0.1) is 6.58 Å². The monoisotopic (exact) mass is 756 g/mol. The molecule has 0 spiro atoms. The number of fused-ring (bicyclic) bond motifs is 7. The highest BCUT2D eigenvalue weighted by atomic mass is 14.4. The van der Waals surface area contributed by atoms with Gasteiger partial charge >= 0.3 is 0 Å². The number of benzene rings is 10. The fourth-order valence-corrected chi connectivity index (χ4v) is 9.43. The summed E-state index contributed by atoms with van der Waals surface area (Å²) in [6.07, 6.45) is 1.75. The van der Waals surface area contributed by atoms with E-state index in [4.69, 9.17) is 0 Å². The summed E-state index contributed by atoms with van der Waals surface area (Å²) in [5, 5.41) is 10.2. The van der Waals surface area contributed by atoms with Crippen molar-refractivity contribution >= 4 is 43.1 Å². The Balaban J connectivity index is 0.00000109. The molecule has 10 aromatic rings. The Kier molecular flexibility index (Phi) is 9.58. The van der Waals surface area contributed by atoms with Crippen molar-refractivity contribution in [2.45, 2.75) is 33.6 Å². The maximum atomic E-state index is 3.36. The Morgan fingerprint density at radius 2 is 0.746 bits per heavy atom. The van der Waals surface area contributed by atoms with Gasteiger partial charge < -0.3 is 0 Å². The van der Waals surface area contributed by atoms with Crippen LogP contribution in [0.4, 0.5) is 0 Å². The number of rotatable bonds is 4. The van der Waals surface area contributed by atoms with Gasteiger partial charge in [0, 0.05) is 5.41 Å². The number of hydrogen-bond donors (Lipinski definition) is 0. The van der Waals surface area contributed by atoms with Gasteiger partial charge in [-0.3, -0.25) is 0 Å². The molecular weight excluding hydrogens is 709 g/mol. The fourth-order valence-electron chi connectivity index (χ4n) is 9.43. The van der Waals surface area contributed by atoms with Crippen molar-refractivity contribution in [1.29, 1.82) is 0 Å². The zero-order chi connectivity index (χ0) is 39.4. The van der Waals surface area contributed by atoms with Crippen molar-refractivity contribution in [3.8, 4) is 55.6 Å². The predicted molar refractivity (Wildman–Crippen MR) is 258 cm³/mol. The first-order valence-electron chi connectivity index (χ1n) is 20.3. The molecule has 0 radical (unpaired) electrons. The van der Waals surface area contributed by atoms with E-state index in [0.29, 0.717) is 0 Å². The van der Waals surface area contributed by atoms with Crippen molar-refractivity contribution in [2.75, 3.05) is 0 Å². The summed E-state index contributed by atoms with van der Waals surface area (Å²) in [6.45, 7) is 10.0. The average molecular weight is 757 g/mol. The summed E-state index contributed by atoms with van der Waals surface area (Å²) in [5.74, 6) is 0. The molecule has 11 rings (SSSR count). The van der Waals surface area contributed by atoms with Gasteiger partial charge in [0.05, 0.1) is 0 Å². The molecule has 0 heteroatoms. The second-order valence-corrected chi connectivity index (χ2v) is 16.1. The van der Waals surface area contributed by atoms with E-state index in [9.17, 15) is 0 Å². The maximum Gasteiger partial charge on any atom is 0.0159 e. The van der Waals surface area contributed by atoms with E-state index in [2.05, 4.69) is 215 Å². The Bertz CT molecular complexity index is 3170.